The van der Waals surface area contributed by atoms with Crippen LogP contribution in [-0.4, -0.2) is 27.1 Å². The topological polar surface area (TPSA) is 118 Å². The van der Waals surface area contributed by atoms with Crippen molar-refractivity contribution in [2.24, 2.45) is 0 Å². The standard InChI is InChI=1S/C16H11Cl2NO6/c1-16(15(22)23,10-6-8(14(20)21)2-4-12(10)18)11-7-9(17)3-5-13(11)19(24)25/h2-7H,1H3,(H,20,21)(H,22,23). The average Bonchev–Trinajstić information content (AvgIpc) is 2.53. The lowest BCUT2D eigenvalue weighted by atomic mass is 9.75. The van der Waals surface area contributed by atoms with Gasteiger partial charge in [-0.05, 0) is 42.8 Å². The van der Waals surface area contributed by atoms with Crippen LogP contribution in [-0.2, 0) is 10.2 Å². The Labute approximate surface area is 151 Å². The van der Waals surface area contributed by atoms with Gasteiger partial charge in [0.05, 0.1) is 16.1 Å². The van der Waals surface area contributed by atoms with E-state index >= 15 is 0 Å². The summed E-state index contributed by atoms with van der Waals surface area (Å²) < 4.78 is 0. The number of benzene rings is 2. The summed E-state index contributed by atoms with van der Waals surface area (Å²) in [5, 5.41) is 30.4. The molecular weight excluding hydrogens is 373 g/mol. The van der Waals surface area contributed by atoms with Gasteiger partial charge in [-0.1, -0.05) is 23.2 Å². The predicted molar refractivity (Wildman–Crippen MR) is 90.6 cm³/mol. The number of rotatable bonds is 5. The van der Waals surface area contributed by atoms with Gasteiger partial charge in [0.15, 0.2) is 0 Å². The van der Waals surface area contributed by atoms with Crippen LogP contribution in [0.5, 0.6) is 0 Å². The van der Waals surface area contributed by atoms with Gasteiger partial charge in [0, 0.05) is 16.1 Å². The number of carbonyl (C=O) groups is 2. The third-order valence-corrected chi connectivity index (χ3v) is 4.44. The quantitative estimate of drug-likeness (QED) is 0.595. The number of hydrogen-bond donors (Lipinski definition) is 2. The second kappa shape index (κ2) is 6.70. The Bertz CT molecular complexity index is 898. The minimum absolute atomic E-state index is 0.0378. The Morgan fingerprint density at radius 3 is 2.24 bits per heavy atom. The maximum absolute atomic E-state index is 12.1. The first kappa shape index (κ1) is 18.7. The van der Waals surface area contributed by atoms with E-state index in [1.807, 2.05) is 0 Å². The molecule has 0 radical (unpaired) electrons. The molecule has 1 unspecified atom stereocenters. The molecule has 2 aromatic carbocycles. The first-order chi connectivity index (χ1) is 11.6. The fraction of sp³-hybridized carbons (Fsp3) is 0.125. The minimum Gasteiger partial charge on any atom is -0.480 e. The Kier molecular flexibility index (Phi) is 5.01. The van der Waals surface area contributed by atoms with Crippen molar-refractivity contribution in [2.45, 2.75) is 12.3 Å². The second-order valence-corrected chi connectivity index (χ2v) is 6.19. The van der Waals surface area contributed by atoms with Gasteiger partial charge in [0.25, 0.3) is 5.69 Å². The van der Waals surface area contributed by atoms with E-state index < -0.39 is 28.0 Å². The molecule has 2 rings (SSSR count). The van der Waals surface area contributed by atoms with E-state index in [9.17, 15) is 24.8 Å². The highest BCUT2D eigenvalue weighted by Gasteiger charge is 2.44. The lowest BCUT2D eigenvalue weighted by Crippen LogP contribution is -2.35. The molecule has 0 amide bonds. The van der Waals surface area contributed by atoms with Gasteiger partial charge in [-0.2, -0.15) is 0 Å². The van der Waals surface area contributed by atoms with E-state index in [2.05, 4.69) is 0 Å². The molecule has 0 fully saturated rings. The number of aliphatic carboxylic acids is 1. The summed E-state index contributed by atoms with van der Waals surface area (Å²) in [6.45, 7) is 1.21. The van der Waals surface area contributed by atoms with Gasteiger partial charge in [-0.25, -0.2) is 4.79 Å². The number of aromatic carboxylic acids is 1. The van der Waals surface area contributed by atoms with Crippen LogP contribution in [0.4, 0.5) is 5.69 Å². The summed E-state index contributed by atoms with van der Waals surface area (Å²) in [4.78, 5) is 33.9. The maximum Gasteiger partial charge on any atom is 0.335 e. The molecule has 0 aliphatic heterocycles. The first-order valence-electron chi connectivity index (χ1n) is 6.80. The highest BCUT2D eigenvalue weighted by molar-refractivity contribution is 6.32. The Morgan fingerprint density at radius 1 is 1.08 bits per heavy atom. The fourth-order valence-corrected chi connectivity index (χ4v) is 2.96. The molecule has 0 aliphatic carbocycles. The van der Waals surface area contributed by atoms with E-state index in [1.165, 1.54) is 25.1 Å². The van der Waals surface area contributed by atoms with E-state index in [1.54, 1.807) is 0 Å². The fourth-order valence-electron chi connectivity index (χ4n) is 2.48. The summed E-state index contributed by atoms with van der Waals surface area (Å²) in [5.74, 6) is -2.73. The molecule has 0 saturated carbocycles. The number of nitrogens with zero attached hydrogens (tertiary/aromatic N) is 1. The van der Waals surface area contributed by atoms with Crippen molar-refractivity contribution in [3.63, 3.8) is 0 Å². The van der Waals surface area contributed by atoms with E-state index in [0.29, 0.717) is 0 Å². The van der Waals surface area contributed by atoms with Crippen LogP contribution < -0.4 is 0 Å². The number of hydrogen-bond acceptors (Lipinski definition) is 4. The molecule has 25 heavy (non-hydrogen) atoms. The molecule has 0 saturated heterocycles. The van der Waals surface area contributed by atoms with Crippen molar-refractivity contribution in [1.82, 2.24) is 0 Å². The Morgan fingerprint density at radius 2 is 1.72 bits per heavy atom. The molecular formula is C16H11Cl2NO6. The van der Waals surface area contributed by atoms with E-state index in [4.69, 9.17) is 28.3 Å². The second-order valence-electron chi connectivity index (χ2n) is 5.35. The molecule has 2 aromatic rings. The molecule has 1 atom stereocenters. The van der Waals surface area contributed by atoms with Crippen molar-refractivity contribution in [3.8, 4) is 0 Å². The maximum atomic E-state index is 12.1. The highest BCUT2D eigenvalue weighted by atomic mass is 35.5. The van der Waals surface area contributed by atoms with Crippen molar-refractivity contribution in [1.29, 1.82) is 0 Å². The molecule has 0 aromatic heterocycles. The van der Waals surface area contributed by atoms with Gasteiger partial charge < -0.3 is 10.2 Å². The molecule has 2 N–H and O–H groups in total. The van der Waals surface area contributed by atoms with Crippen LogP contribution in [0, 0.1) is 10.1 Å². The lowest BCUT2D eigenvalue weighted by molar-refractivity contribution is -0.385. The molecule has 130 valence electrons. The van der Waals surface area contributed by atoms with Gasteiger partial charge in [0.2, 0.25) is 0 Å². The van der Waals surface area contributed by atoms with E-state index in [-0.39, 0.29) is 26.7 Å². The van der Waals surface area contributed by atoms with Crippen LogP contribution in [0.2, 0.25) is 10.0 Å². The zero-order chi connectivity index (χ0) is 18.9. The SMILES string of the molecule is CC(C(=O)O)(c1cc(C(=O)O)ccc1Cl)c1cc(Cl)ccc1[N+](=O)[O-]. The van der Waals surface area contributed by atoms with Crippen LogP contribution in [0.15, 0.2) is 36.4 Å². The largest absolute Gasteiger partial charge is 0.480 e. The van der Waals surface area contributed by atoms with E-state index in [0.717, 1.165) is 18.2 Å². The summed E-state index contributed by atoms with van der Waals surface area (Å²) >= 11 is 12.0. The monoisotopic (exact) mass is 383 g/mol. The van der Waals surface area contributed by atoms with Crippen LogP contribution >= 0.6 is 23.2 Å². The number of carboxylic acids is 2. The van der Waals surface area contributed by atoms with Crippen molar-refractivity contribution in [3.05, 3.63) is 73.2 Å². The molecule has 0 aliphatic rings. The number of nitro groups is 1. The van der Waals surface area contributed by atoms with Crippen LogP contribution in [0.1, 0.15) is 28.4 Å². The first-order valence-corrected chi connectivity index (χ1v) is 7.55. The lowest BCUT2D eigenvalue weighted by Gasteiger charge is -2.27. The van der Waals surface area contributed by atoms with Gasteiger partial charge >= 0.3 is 11.9 Å². The van der Waals surface area contributed by atoms with Crippen molar-refractivity contribution in [2.75, 3.05) is 0 Å². The average molecular weight is 384 g/mol. The Hall–Kier alpha value is -2.64. The summed E-state index contributed by atoms with van der Waals surface area (Å²) in [6, 6.07) is 7.05. The van der Waals surface area contributed by atoms with Crippen LogP contribution in [0.3, 0.4) is 0 Å². The molecule has 9 heteroatoms. The van der Waals surface area contributed by atoms with Gasteiger partial charge in [0.1, 0.15) is 5.41 Å². The van der Waals surface area contributed by atoms with Crippen LogP contribution in [0.25, 0.3) is 0 Å². The Balaban J connectivity index is 2.89. The van der Waals surface area contributed by atoms with Gasteiger partial charge in [-0.15, -0.1) is 0 Å². The number of carboxylic acid groups (broad SMARTS) is 2. The molecule has 7 nitrogen and oxygen atoms in total. The highest BCUT2D eigenvalue weighted by Crippen LogP contribution is 2.42. The number of halogens is 2. The summed E-state index contributed by atoms with van der Waals surface area (Å²) in [5.41, 5.74) is -2.95. The third-order valence-electron chi connectivity index (χ3n) is 3.87. The third kappa shape index (κ3) is 3.29. The summed E-state index contributed by atoms with van der Waals surface area (Å²) in [6.07, 6.45) is 0. The molecule has 0 heterocycles. The zero-order valence-corrected chi connectivity index (χ0v) is 14.2. The van der Waals surface area contributed by atoms with Crippen molar-refractivity contribution >= 4 is 40.8 Å². The number of nitro benzene ring substituents is 1. The molecule has 0 spiro atoms. The predicted octanol–water partition coefficient (Wildman–Crippen LogP) is 3.99. The smallest absolute Gasteiger partial charge is 0.335 e. The summed E-state index contributed by atoms with van der Waals surface area (Å²) in [7, 11) is 0. The van der Waals surface area contributed by atoms with Crippen molar-refractivity contribution < 1.29 is 24.7 Å². The molecule has 0 bridgehead atoms. The van der Waals surface area contributed by atoms with Gasteiger partial charge in [-0.3, -0.25) is 14.9 Å². The zero-order valence-electron chi connectivity index (χ0n) is 12.7. The minimum atomic E-state index is -1.99. The normalized spacial score (nSPS) is 13.1.